The fourth-order valence-corrected chi connectivity index (χ4v) is 3.08. The van der Waals surface area contributed by atoms with E-state index in [0.29, 0.717) is 25.5 Å². The normalized spacial score (nSPS) is 11.6. The second-order valence-corrected chi connectivity index (χ2v) is 6.19. The van der Waals surface area contributed by atoms with Crippen LogP contribution in [0, 0.1) is 0 Å². The maximum Gasteiger partial charge on any atom is 0.243 e. The highest BCUT2D eigenvalue weighted by atomic mass is 32.2. The average Bonchev–Trinajstić information content (AvgIpc) is 2.49. The molecule has 0 unspecified atom stereocenters. The molecule has 0 amide bonds. The van der Waals surface area contributed by atoms with Crippen molar-refractivity contribution >= 4 is 10.0 Å². The van der Waals surface area contributed by atoms with Crippen LogP contribution in [0.3, 0.4) is 0 Å². The molecule has 0 aromatic heterocycles. The summed E-state index contributed by atoms with van der Waals surface area (Å²) in [6.07, 6.45) is 1.55. The zero-order chi connectivity index (χ0) is 15.7. The first-order chi connectivity index (χ1) is 10.1. The van der Waals surface area contributed by atoms with Gasteiger partial charge in [0.15, 0.2) is 0 Å². The van der Waals surface area contributed by atoms with Gasteiger partial charge in [-0.05, 0) is 24.3 Å². The quantitative estimate of drug-likeness (QED) is 0.647. The van der Waals surface area contributed by atoms with E-state index in [0.717, 1.165) is 0 Å². The van der Waals surface area contributed by atoms with Crippen molar-refractivity contribution in [3.63, 3.8) is 0 Å². The molecule has 0 fully saturated rings. The highest BCUT2D eigenvalue weighted by molar-refractivity contribution is 7.89. The van der Waals surface area contributed by atoms with Gasteiger partial charge in [0.25, 0.3) is 0 Å². The Kier molecular flexibility index (Phi) is 7.38. The lowest BCUT2D eigenvalue weighted by molar-refractivity contribution is 0.182. The zero-order valence-electron chi connectivity index (χ0n) is 12.2. The van der Waals surface area contributed by atoms with Crippen molar-refractivity contribution in [3.05, 3.63) is 36.9 Å². The molecule has 1 aromatic rings. The first-order valence-electron chi connectivity index (χ1n) is 6.59. The highest BCUT2D eigenvalue weighted by Crippen LogP contribution is 2.19. The van der Waals surface area contributed by atoms with Crippen LogP contribution >= 0.6 is 0 Å². The fraction of sp³-hybridized carbons (Fsp3) is 0.429. The van der Waals surface area contributed by atoms with Crippen LogP contribution in [-0.4, -0.2) is 52.7 Å². The number of ether oxygens (including phenoxy) is 2. The van der Waals surface area contributed by atoms with E-state index in [2.05, 4.69) is 6.58 Å². The largest absolute Gasteiger partial charge is 0.492 e. The van der Waals surface area contributed by atoms with Gasteiger partial charge < -0.3 is 15.2 Å². The van der Waals surface area contributed by atoms with Crippen molar-refractivity contribution < 1.29 is 17.9 Å². The van der Waals surface area contributed by atoms with Crippen LogP contribution < -0.4 is 10.5 Å². The standard InChI is InChI=1S/C14H22N2O4S/c1-3-9-16(10-12-19-2)21(17,18)14-6-4-13(5-7-14)20-11-8-15/h3-7H,1,8-12,15H2,2H3. The number of sulfonamides is 1. The van der Waals surface area contributed by atoms with Gasteiger partial charge in [0.1, 0.15) is 12.4 Å². The third kappa shape index (κ3) is 5.13. The van der Waals surface area contributed by atoms with E-state index < -0.39 is 10.0 Å². The Morgan fingerprint density at radius 2 is 1.95 bits per heavy atom. The molecule has 2 N–H and O–H groups in total. The van der Waals surface area contributed by atoms with Crippen LogP contribution in [0.25, 0.3) is 0 Å². The predicted molar refractivity (Wildman–Crippen MR) is 81.8 cm³/mol. The van der Waals surface area contributed by atoms with Gasteiger partial charge in [0, 0.05) is 26.7 Å². The van der Waals surface area contributed by atoms with E-state index in [4.69, 9.17) is 15.2 Å². The molecular formula is C14H22N2O4S. The molecule has 0 spiro atoms. The van der Waals surface area contributed by atoms with E-state index in [1.165, 1.54) is 23.5 Å². The van der Waals surface area contributed by atoms with Gasteiger partial charge in [0.2, 0.25) is 10.0 Å². The van der Waals surface area contributed by atoms with Crippen molar-refractivity contribution in [2.45, 2.75) is 4.90 Å². The maximum atomic E-state index is 12.5. The van der Waals surface area contributed by atoms with E-state index >= 15 is 0 Å². The molecule has 0 heterocycles. The van der Waals surface area contributed by atoms with Crippen molar-refractivity contribution in [1.29, 1.82) is 0 Å². The molecule has 118 valence electrons. The Morgan fingerprint density at radius 1 is 1.29 bits per heavy atom. The maximum absolute atomic E-state index is 12.5. The van der Waals surface area contributed by atoms with Crippen molar-refractivity contribution in [2.75, 3.05) is 40.0 Å². The van der Waals surface area contributed by atoms with E-state index in [1.807, 2.05) is 0 Å². The first-order valence-corrected chi connectivity index (χ1v) is 8.03. The summed E-state index contributed by atoms with van der Waals surface area (Å²) in [7, 11) is -2.04. The molecule has 0 aliphatic rings. The van der Waals surface area contributed by atoms with Gasteiger partial charge in [-0.1, -0.05) is 6.08 Å². The molecule has 1 aromatic carbocycles. The Labute approximate surface area is 126 Å². The summed E-state index contributed by atoms with van der Waals surface area (Å²) in [5.41, 5.74) is 5.35. The lowest BCUT2D eigenvalue weighted by Gasteiger charge is -2.20. The molecule has 0 atom stereocenters. The number of hydrogen-bond donors (Lipinski definition) is 1. The molecule has 7 heteroatoms. The summed E-state index contributed by atoms with van der Waals surface area (Å²) in [4.78, 5) is 0.209. The second kappa shape index (κ2) is 8.78. The molecule has 0 radical (unpaired) electrons. The molecule has 0 saturated carbocycles. The molecule has 1 rings (SSSR count). The lowest BCUT2D eigenvalue weighted by atomic mass is 10.3. The predicted octanol–water partition coefficient (Wildman–Crippen LogP) is 0.847. The summed E-state index contributed by atoms with van der Waals surface area (Å²) < 4.78 is 36.6. The van der Waals surface area contributed by atoms with Gasteiger partial charge in [-0.15, -0.1) is 6.58 Å². The van der Waals surface area contributed by atoms with Gasteiger partial charge >= 0.3 is 0 Å². The highest BCUT2D eigenvalue weighted by Gasteiger charge is 2.23. The fourth-order valence-electron chi connectivity index (χ4n) is 1.68. The van der Waals surface area contributed by atoms with Crippen LogP contribution in [0.2, 0.25) is 0 Å². The molecule has 0 aliphatic carbocycles. The molecule has 0 bridgehead atoms. The zero-order valence-corrected chi connectivity index (χ0v) is 13.0. The van der Waals surface area contributed by atoms with Gasteiger partial charge in [-0.3, -0.25) is 0 Å². The third-order valence-corrected chi connectivity index (χ3v) is 4.61. The van der Waals surface area contributed by atoms with Crippen molar-refractivity contribution in [1.82, 2.24) is 4.31 Å². The number of rotatable bonds is 10. The average molecular weight is 314 g/mol. The lowest BCUT2D eigenvalue weighted by Crippen LogP contribution is -2.34. The van der Waals surface area contributed by atoms with Crippen LogP contribution in [0.5, 0.6) is 5.75 Å². The van der Waals surface area contributed by atoms with Crippen LogP contribution in [0.4, 0.5) is 0 Å². The van der Waals surface area contributed by atoms with Gasteiger partial charge in [-0.25, -0.2) is 8.42 Å². The smallest absolute Gasteiger partial charge is 0.243 e. The van der Waals surface area contributed by atoms with E-state index in [9.17, 15) is 8.42 Å². The van der Waals surface area contributed by atoms with Crippen LogP contribution in [0.1, 0.15) is 0 Å². The third-order valence-electron chi connectivity index (χ3n) is 2.73. The van der Waals surface area contributed by atoms with Gasteiger partial charge in [0.05, 0.1) is 11.5 Å². The summed E-state index contributed by atoms with van der Waals surface area (Å²) in [6, 6.07) is 6.27. The minimum Gasteiger partial charge on any atom is -0.492 e. The van der Waals surface area contributed by atoms with E-state index in [1.54, 1.807) is 18.2 Å². The number of hydrogen-bond acceptors (Lipinski definition) is 5. The Bertz CT molecular complexity index is 528. The van der Waals surface area contributed by atoms with Crippen LogP contribution in [0.15, 0.2) is 41.8 Å². The molecule has 0 aliphatic heterocycles. The molecule has 0 saturated heterocycles. The Balaban J connectivity index is 2.90. The minimum absolute atomic E-state index is 0.209. The Morgan fingerprint density at radius 3 is 2.48 bits per heavy atom. The van der Waals surface area contributed by atoms with Crippen molar-refractivity contribution in [3.8, 4) is 5.75 Å². The first kappa shape index (κ1) is 17.6. The second-order valence-electron chi connectivity index (χ2n) is 4.25. The van der Waals surface area contributed by atoms with Gasteiger partial charge in [-0.2, -0.15) is 4.31 Å². The number of nitrogens with zero attached hydrogens (tertiary/aromatic N) is 1. The SMILES string of the molecule is C=CCN(CCOC)S(=O)(=O)c1ccc(OCCN)cc1. The monoisotopic (exact) mass is 314 g/mol. The molecule has 21 heavy (non-hydrogen) atoms. The molecule has 6 nitrogen and oxygen atoms in total. The summed E-state index contributed by atoms with van der Waals surface area (Å²) >= 11 is 0. The summed E-state index contributed by atoms with van der Waals surface area (Å²) in [5.74, 6) is 0.589. The summed E-state index contributed by atoms with van der Waals surface area (Å²) in [6.45, 7) is 5.21. The Hall–Kier alpha value is -1.41. The number of methoxy groups -OCH3 is 1. The number of nitrogens with two attached hydrogens (primary N) is 1. The topological polar surface area (TPSA) is 81.9 Å². The van der Waals surface area contributed by atoms with Crippen LogP contribution in [-0.2, 0) is 14.8 Å². The summed E-state index contributed by atoms with van der Waals surface area (Å²) in [5, 5.41) is 0. The van der Waals surface area contributed by atoms with Crippen molar-refractivity contribution in [2.24, 2.45) is 5.73 Å². The van der Waals surface area contributed by atoms with E-state index in [-0.39, 0.29) is 18.0 Å². The minimum atomic E-state index is -3.57. The molecular weight excluding hydrogens is 292 g/mol. The number of benzene rings is 1.